The lowest BCUT2D eigenvalue weighted by Gasteiger charge is -2.33. The maximum absolute atomic E-state index is 13.1. The summed E-state index contributed by atoms with van der Waals surface area (Å²) in [6.45, 7) is 4.24. The lowest BCUT2D eigenvalue weighted by molar-refractivity contribution is -0.134. The summed E-state index contributed by atoms with van der Waals surface area (Å²) < 4.78 is 10.9. The molecule has 1 aliphatic heterocycles. The van der Waals surface area contributed by atoms with Gasteiger partial charge in [-0.3, -0.25) is 25.0 Å². The number of aromatic nitrogens is 1. The second-order valence-electron chi connectivity index (χ2n) is 7.03. The Morgan fingerprint density at radius 3 is 2.91 bits per heavy atom. The van der Waals surface area contributed by atoms with Gasteiger partial charge in [-0.15, -0.1) is 0 Å². The number of nitrogens with zero attached hydrogens (tertiary/aromatic N) is 2. The Hall–Kier alpha value is -3.27. The number of carbonyl (C=O) groups is 3. The molecule has 0 radical (unpaired) electrons. The second-order valence-corrected chi connectivity index (χ2v) is 7.39. The highest BCUT2D eigenvalue weighted by Crippen LogP contribution is 2.33. The maximum Gasteiger partial charge on any atom is 0.256 e. The quantitative estimate of drug-likeness (QED) is 0.411. The number of pyridine rings is 1. The summed E-state index contributed by atoms with van der Waals surface area (Å²) >= 11 is 6.17. The van der Waals surface area contributed by atoms with Crippen LogP contribution in [0.1, 0.15) is 5.76 Å². The second kappa shape index (κ2) is 9.90. The summed E-state index contributed by atoms with van der Waals surface area (Å²) in [5, 5.41) is 5.82. The van der Waals surface area contributed by atoms with Gasteiger partial charge in [-0.2, -0.15) is 0 Å². The molecule has 3 heterocycles. The van der Waals surface area contributed by atoms with Crippen LogP contribution in [0.4, 0.5) is 0 Å². The van der Waals surface area contributed by atoms with Crippen molar-refractivity contribution >= 4 is 40.8 Å². The van der Waals surface area contributed by atoms with Gasteiger partial charge in [-0.1, -0.05) is 36.4 Å². The van der Waals surface area contributed by atoms with E-state index >= 15 is 0 Å². The molecular weight excluding hydrogens is 436 g/mol. The first-order chi connectivity index (χ1) is 15.4. The Labute approximate surface area is 189 Å². The number of rotatable bonds is 10. The molecule has 2 N–H and O–H groups in total. The molecule has 2 aromatic rings. The van der Waals surface area contributed by atoms with Crippen molar-refractivity contribution in [3.8, 4) is 0 Å². The van der Waals surface area contributed by atoms with Crippen molar-refractivity contribution in [1.29, 1.82) is 0 Å². The van der Waals surface area contributed by atoms with E-state index in [4.69, 9.17) is 20.8 Å². The summed E-state index contributed by atoms with van der Waals surface area (Å²) in [6, 6.07) is 3.19. The van der Waals surface area contributed by atoms with Gasteiger partial charge in [0.1, 0.15) is 16.5 Å². The fourth-order valence-corrected chi connectivity index (χ4v) is 3.83. The Morgan fingerprint density at radius 2 is 2.28 bits per heavy atom. The van der Waals surface area contributed by atoms with Crippen molar-refractivity contribution in [3.63, 3.8) is 0 Å². The van der Waals surface area contributed by atoms with Crippen LogP contribution in [0.5, 0.6) is 0 Å². The fourth-order valence-electron chi connectivity index (χ4n) is 3.63. The minimum atomic E-state index is -1.57. The van der Waals surface area contributed by atoms with Gasteiger partial charge < -0.3 is 14.1 Å². The predicted octanol–water partition coefficient (Wildman–Crippen LogP) is 1.70. The first-order valence-electron chi connectivity index (χ1n) is 9.70. The van der Waals surface area contributed by atoms with Gasteiger partial charge >= 0.3 is 0 Å². The van der Waals surface area contributed by atoms with Crippen molar-refractivity contribution in [2.75, 3.05) is 33.9 Å². The Balaban J connectivity index is 2.03. The molecule has 0 aliphatic carbocycles. The number of fused-ring (bicyclic) bond motifs is 1. The van der Waals surface area contributed by atoms with Crippen molar-refractivity contribution in [3.05, 3.63) is 65.2 Å². The van der Waals surface area contributed by atoms with E-state index in [1.54, 1.807) is 38.4 Å². The summed E-state index contributed by atoms with van der Waals surface area (Å²) in [5.74, 6) is -0.804. The highest BCUT2D eigenvalue weighted by molar-refractivity contribution is 6.34. The zero-order chi connectivity index (χ0) is 23.3. The van der Waals surface area contributed by atoms with Gasteiger partial charge in [-0.25, -0.2) is 4.98 Å². The molecule has 0 bridgehead atoms. The predicted molar refractivity (Wildman–Crippen MR) is 119 cm³/mol. The highest BCUT2D eigenvalue weighted by Gasteiger charge is 2.46. The first-order valence-corrected chi connectivity index (χ1v) is 10.1. The largest absolute Gasteiger partial charge is 0.458 e. The van der Waals surface area contributed by atoms with Crippen molar-refractivity contribution < 1.29 is 23.5 Å². The van der Waals surface area contributed by atoms with Gasteiger partial charge in [0.05, 0.1) is 18.5 Å². The van der Waals surface area contributed by atoms with Crippen molar-refractivity contribution in [2.24, 2.45) is 0 Å². The van der Waals surface area contributed by atoms with Crippen LogP contribution in [0.2, 0.25) is 5.15 Å². The summed E-state index contributed by atoms with van der Waals surface area (Å²) in [4.78, 5) is 42.7. The molecule has 3 amide bonds. The molecule has 0 fully saturated rings. The van der Waals surface area contributed by atoms with E-state index in [0.29, 0.717) is 23.1 Å². The highest BCUT2D eigenvalue weighted by atomic mass is 35.5. The Morgan fingerprint density at radius 1 is 1.50 bits per heavy atom. The van der Waals surface area contributed by atoms with Crippen LogP contribution in [0.15, 0.2) is 58.7 Å². The van der Waals surface area contributed by atoms with E-state index in [0.717, 1.165) is 5.57 Å². The lowest BCUT2D eigenvalue weighted by atomic mass is 9.93. The molecule has 0 saturated heterocycles. The number of nitrogens with one attached hydrogen (secondary N) is 2. The SMILES string of the molecule is C=CC1=C(/C=C\COC)CN(C[C@@](NC)(C(=O)NC=O)c2cc3c(Cl)nccc3o2)C1=O. The van der Waals surface area contributed by atoms with Gasteiger partial charge in [0, 0.05) is 25.4 Å². The van der Waals surface area contributed by atoms with Crippen LogP contribution in [-0.4, -0.2) is 62.0 Å². The number of halogens is 1. The molecule has 3 rings (SSSR count). The molecule has 0 saturated carbocycles. The number of imide groups is 1. The van der Waals surface area contributed by atoms with Crippen LogP contribution < -0.4 is 10.6 Å². The lowest BCUT2D eigenvalue weighted by Crippen LogP contribution is -2.59. The van der Waals surface area contributed by atoms with E-state index in [1.807, 2.05) is 0 Å². The third-order valence-electron chi connectivity index (χ3n) is 5.26. The average Bonchev–Trinajstić information content (AvgIpc) is 3.34. The number of hydrogen-bond donors (Lipinski definition) is 2. The molecule has 0 spiro atoms. The van der Waals surface area contributed by atoms with Crippen LogP contribution in [0, 0.1) is 0 Å². The van der Waals surface area contributed by atoms with Crippen LogP contribution in [-0.2, 0) is 24.7 Å². The number of ether oxygens (including phenoxy) is 1. The number of methoxy groups -OCH3 is 1. The summed E-state index contributed by atoms with van der Waals surface area (Å²) in [6.07, 6.45) is 6.82. The molecule has 9 nitrogen and oxygen atoms in total. The Kier molecular flexibility index (Phi) is 7.24. The van der Waals surface area contributed by atoms with Crippen molar-refractivity contribution in [1.82, 2.24) is 20.5 Å². The monoisotopic (exact) mass is 458 g/mol. The van der Waals surface area contributed by atoms with E-state index in [2.05, 4.69) is 22.2 Å². The maximum atomic E-state index is 13.1. The van der Waals surface area contributed by atoms with Crippen LogP contribution in [0.3, 0.4) is 0 Å². The molecule has 10 heteroatoms. The third kappa shape index (κ3) is 4.22. The van der Waals surface area contributed by atoms with E-state index in [9.17, 15) is 14.4 Å². The molecule has 0 aromatic carbocycles. The summed E-state index contributed by atoms with van der Waals surface area (Å²) in [7, 11) is 3.11. The van der Waals surface area contributed by atoms with E-state index in [-0.39, 0.29) is 36.3 Å². The van der Waals surface area contributed by atoms with Crippen molar-refractivity contribution in [2.45, 2.75) is 5.54 Å². The molecule has 168 valence electrons. The Bertz CT molecular complexity index is 1120. The standard InChI is InChI=1S/C22H23ClN4O5/c1-4-15-14(6-5-9-31-3)11-27(20(15)29)12-22(24-2,21(30)26-13-28)18-10-16-17(32-18)7-8-25-19(16)23/h4-8,10,13,24H,1,9,11-12H2,2-3H3,(H,26,28,30)/b6-5-/t22-/m0/s1. The number of hydrogen-bond acceptors (Lipinski definition) is 7. The smallest absolute Gasteiger partial charge is 0.256 e. The number of furan rings is 1. The zero-order valence-electron chi connectivity index (χ0n) is 17.7. The molecule has 1 atom stereocenters. The molecule has 0 unspecified atom stereocenters. The van der Waals surface area contributed by atoms with Gasteiger partial charge in [-0.05, 0) is 24.8 Å². The number of amides is 3. The molecule has 32 heavy (non-hydrogen) atoms. The van der Waals surface area contributed by atoms with Gasteiger partial charge in [0.2, 0.25) is 6.41 Å². The van der Waals surface area contributed by atoms with Gasteiger partial charge in [0.15, 0.2) is 5.54 Å². The normalized spacial score (nSPS) is 16.1. The average molecular weight is 459 g/mol. The third-order valence-corrected chi connectivity index (χ3v) is 5.56. The zero-order valence-corrected chi connectivity index (χ0v) is 18.4. The topological polar surface area (TPSA) is 114 Å². The molecule has 1 aliphatic rings. The van der Waals surface area contributed by atoms with Crippen LogP contribution >= 0.6 is 11.6 Å². The molecular formula is C22H23ClN4O5. The van der Waals surface area contributed by atoms with E-state index < -0.39 is 11.4 Å². The van der Waals surface area contributed by atoms with Crippen LogP contribution in [0.25, 0.3) is 11.0 Å². The minimum Gasteiger partial charge on any atom is -0.458 e. The van der Waals surface area contributed by atoms with Gasteiger partial charge in [0.25, 0.3) is 11.8 Å². The fraction of sp³-hybridized carbons (Fsp3) is 0.273. The number of likely N-dealkylation sites (N-methyl/N-ethyl adjacent to an activating group) is 1. The summed E-state index contributed by atoms with van der Waals surface area (Å²) in [5.41, 5.74) is 0.00532. The number of carbonyl (C=O) groups excluding carboxylic acids is 3. The minimum absolute atomic E-state index is 0.119. The first kappa shape index (κ1) is 23.4. The van der Waals surface area contributed by atoms with E-state index in [1.165, 1.54) is 17.2 Å². The molecule has 2 aromatic heterocycles.